The molecule has 0 radical (unpaired) electrons. The predicted octanol–water partition coefficient (Wildman–Crippen LogP) is 1.90. The topological polar surface area (TPSA) is 26.3 Å². The summed E-state index contributed by atoms with van der Waals surface area (Å²) < 4.78 is 5.34. The number of carbonyl (C=O) groups excluding carboxylic acids is 1. The minimum Gasteiger partial charge on any atom is -0.497 e. The van der Waals surface area contributed by atoms with Gasteiger partial charge in [0.1, 0.15) is 6.10 Å². The molecule has 2 heteroatoms. The van der Waals surface area contributed by atoms with Crippen LogP contribution < -0.4 is 0 Å². The molecule has 0 aromatic rings. The van der Waals surface area contributed by atoms with E-state index in [2.05, 4.69) is 13.8 Å². The van der Waals surface area contributed by atoms with Crippen LogP contribution >= 0.6 is 0 Å². The molecule has 2 nitrogen and oxygen atoms in total. The lowest BCUT2D eigenvalue weighted by Gasteiger charge is -2.23. The first-order valence-corrected chi connectivity index (χ1v) is 3.96. The number of allylic oxidation sites excluding steroid dienone is 1. The number of carbonyl (C=O) groups is 1. The van der Waals surface area contributed by atoms with Crippen LogP contribution in [0.2, 0.25) is 0 Å². The van der Waals surface area contributed by atoms with Gasteiger partial charge >= 0.3 is 0 Å². The Bertz CT molecular complexity index is 192. The Morgan fingerprint density at radius 2 is 2.27 bits per heavy atom. The van der Waals surface area contributed by atoms with Gasteiger partial charge in [-0.2, -0.15) is 0 Å². The van der Waals surface area contributed by atoms with E-state index in [-0.39, 0.29) is 11.9 Å². The third-order valence-corrected chi connectivity index (χ3v) is 1.99. The van der Waals surface area contributed by atoms with Crippen LogP contribution in [-0.4, -0.2) is 11.9 Å². The molecular formula is C9H14O2. The Balaban J connectivity index is 2.62. The van der Waals surface area contributed by atoms with Gasteiger partial charge in [0.25, 0.3) is 0 Å². The van der Waals surface area contributed by atoms with Crippen molar-refractivity contribution >= 4 is 5.78 Å². The monoisotopic (exact) mass is 154 g/mol. The minimum absolute atomic E-state index is 0.0891. The molecule has 1 heterocycles. The second-order valence-electron chi connectivity index (χ2n) is 3.35. The average Bonchev–Trinajstić information content (AvgIpc) is 1.94. The standard InChI is InChI=1S/C9H14O2/c1-6(2)9-4-8(10)7(3)5-11-9/h5-6,9H,4H2,1-3H3/t9-/m1/s1. The van der Waals surface area contributed by atoms with E-state index in [1.165, 1.54) is 0 Å². The molecular weight excluding hydrogens is 140 g/mol. The summed E-state index contributed by atoms with van der Waals surface area (Å²) in [5.74, 6) is 0.637. The lowest BCUT2D eigenvalue weighted by atomic mass is 9.97. The first-order valence-electron chi connectivity index (χ1n) is 3.96. The Kier molecular flexibility index (Phi) is 2.32. The summed E-state index contributed by atoms with van der Waals surface area (Å²) in [5, 5.41) is 0. The molecule has 62 valence electrons. The molecule has 1 aliphatic heterocycles. The highest BCUT2D eigenvalue weighted by Crippen LogP contribution is 2.19. The molecule has 0 unspecified atom stereocenters. The molecule has 0 spiro atoms. The molecule has 0 fully saturated rings. The predicted molar refractivity (Wildman–Crippen MR) is 43.1 cm³/mol. The molecule has 0 saturated heterocycles. The van der Waals surface area contributed by atoms with E-state index < -0.39 is 0 Å². The second-order valence-corrected chi connectivity index (χ2v) is 3.35. The molecule has 0 amide bonds. The largest absolute Gasteiger partial charge is 0.497 e. The third kappa shape index (κ3) is 1.82. The summed E-state index contributed by atoms with van der Waals surface area (Å²) in [6.07, 6.45) is 2.21. The van der Waals surface area contributed by atoms with E-state index in [0.29, 0.717) is 12.3 Å². The Morgan fingerprint density at radius 3 is 2.73 bits per heavy atom. The fourth-order valence-corrected chi connectivity index (χ4v) is 1.04. The summed E-state index contributed by atoms with van der Waals surface area (Å²) in [4.78, 5) is 11.2. The van der Waals surface area contributed by atoms with Gasteiger partial charge in [-0.25, -0.2) is 0 Å². The van der Waals surface area contributed by atoms with Crippen molar-refractivity contribution in [2.75, 3.05) is 0 Å². The van der Waals surface area contributed by atoms with E-state index in [4.69, 9.17) is 4.74 Å². The lowest BCUT2D eigenvalue weighted by molar-refractivity contribution is -0.119. The molecule has 0 aliphatic carbocycles. The van der Waals surface area contributed by atoms with Gasteiger partial charge in [0.15, 0.2) is 5.78 Å². The van der Waals surface area contributed by atoms with Crippen molar-refractivity contribution < 1.29 is 9.53 Å². The molecule has 11 heavy (non-hydrogen) atoms. The van der Waals surface area contributed by atoms with Crippen molar-refractivity contribution in [1.29, 1.82) is 0 Å². The highest BCUT2D eigenvalue weighted by atomic mass is 16.5. The van der Waals surface area contributed by atoms with E-state index in [1.807, 2.05) is 0 Å². The highest BCUT2D eigenvalue weighted by molar-refractivity contribution is 5.95. The van der Waals surface area contributed by atoms with Crippen molar-refractivity contribution in [3.8, 4) is 0 Å². The van der Waals surface area contributed by atoms with Gasteiger partial charge < -0.3 is 4.74 Å². The fraction of sp³-hybridized carbons (Fsp3) is 0.667. The second kappa shape index (κ2) is 3.07. The van der Waals surface area contributed by atoms with Gasteiger partial charge in [0.2, 0.25) is 0 Å². The summed E-state index contributed by atoms with van der Waals surface area (Å²) in [7, 11) is 0. The van der Waals surface area contributed by atoms with Gasteiger partial charge in [-0.05, 0) is 12.8 Å². The molecule has 0 saturated carbocycles. The van der Waals surface area contributed by atoms with Crippen molar-refractivity contribution in [3.63, 3.8) is 0 Å². The summed E-state index contributed by atoms with van der Waals surface area (Å²) in [5.41, 5.74) is 0.738. The Morgan fingerprint density at radius 1 is 1.64 bits per heavy atom. The van der Waals surface area contributed by atoms with Crippen LogP contribution in [0.3, 0.4) is 0 Å². The number of ether oxygens (including phenoxy) is 1. The lowest BCUT2D eigenvalue weighted by Crippen LogP contribution is -2.25. The van der Waals surface area contributed by atoms with E-state index in [0.717, 1.165) is 5.57 Å². The molecule has 1 aliphatic rings. The van der Waals surface area contributed by atoms with Crippen molar-refractivity contribution in [2.45, 2.75) is 33.3 Å². The number of Topliss-reactive ketones (excluding diaryl/α,β-unsaturated/α-hetero) is 1. The Labute approximate surface area is 67.2 Å². The number of hydrogen-bond acceptors (Lipinski definition) is 2. The molecule has 1 rings (SSSR count). The van der Waals surface area contributed by atoms with Crippen molar-refractivity contribution in [1.82, 2.24) is 0 Å². The number of hydrogen-bond donors (Lipinski definition) is 0. The van der Waals surface area contributed by atoms with Crippen LogP contribution in [0.25, 0.3) is 0 Å². The highest BCUT2D eigenvalue weighted by Gasteiger charge is 2.22. The first-order chi connectivity index (χ1) is 5.11. The zero-order chi connectivity index (χ0) is 8.43. The van der Waals surface area contributed by atoms with Crippen LogP contribution in [0, 0.1) is 5.92 Å². The molecule has 1 atom stereocenters. The van der Waals surface area contributed by atoms with E-state index in [1.54, 1.807) is 13.2 Å². The summed E-state index contributed by atoms with van der Waals surface area (Å²) >= 11 is 0. The number of ketones is 1. The Hall–Kier alpha value is -0.790. The summed E-state index contributed by atoms with van der Waals surface area (Å²) in [6.45, 7) is 5.91. The van der Waals surface area contributed by atoms with Gasteiger partial charge in [0, 0.05) is 12.0 Å². The zero-order valence-electron chi connectivity index (χ0n) is 7.26. The maximum absolute atomic E-state index is 11.2. The first kappa shape index (κ1) is 8.31. The fourth-order valence-electron chi connectivity index (χ4n) is 1.04. The normalized spacial score (nSPS) is 24.9. The minimum atomic E-state index is 0.0891. The van der Waals surface area contributed by atoms with Gasteiger partial charge in [0.05, 0.1) is 6.26 Å². The third-order valence-electron chi connectivity index (χ3n) is 1.99. The summed E-state index contributed by atoms with van der Waals surface area (Å²) in [6, 6.07) is 0. The molecule has 0 N–H and O–H groups in total. The van der Waals surface area contributed by atoms with E-state index >= 15 is 0 Å². The quantitative estimate of drug-likeness (QED) is 0.576. The molecule has 0 aromatic carbocycles. The zero-order valence-corrected chi connectivity index (χ0v) is 7.26. The van der Waals surface area contributed by atoms with Crippen LogP contribution in [0.15, 0.2) is 11.8 Å². The SMILES string of the molecule is CC1=CO[C@@H](C(C)C)CC1=O. The van der Waals surface area contributed by atoms with Gasteiger partial charge in [-0.3, -0.25) is 4.79 Å². The van der Waals surface area contributed by atoms with Crippen molar-refractivity contribution in [2.24, 2.45) is 5.92 Å². The average molecular weight is 154 g/mol. The maximum atomic E-state index is 11.2. The number of rotatable bonds is 1. The van der Waals surface area contributed by atoms with Gasteiger partial charge in [-0.15, -0.1) is 0 Å². The van der Waals surface area contributed by atoms with Gasteiger partial charge in [-0.1, -0.05) is 13.8 Å². The van der Waals surface area contributed by atoms with Crippen LogP contribution in [-0.2, 0) is 9.53 Å². The smallest absolute Gasteiger partial charge is 0.165 e. The maximum Gasteiger partial charge on any atom is 0.165 e. The van der Waals surface area contributed by atoms with Crippen LogP contribution in [0.1, 0.15) is 27.2 Å². The van der Waals surface area contributed by atoms with Crippen LogP contribution in [0.5, 0.6) is 0 Å². The molecule has 0 aromatic heterocycles. The van der Waals surface area contributed by atoms with Crippen LogP contribution in [0.4, 0.5) is 0 Å². The van der Waals surface area contributed by atoms with E-state index in [9.17, 15) is 4.79 Å². The van der Waals surface area contributed by atoms with Crippen molar-refractivity contribution in [3.05, 3.63) is 11.8 Å². The molecule has 0 bridgehead atoms.